The summed E-state index contributed by atoms with van der Waals surface area (Å²) in [5, 5.41) is 4.47. The summed E-state index contributed by atoms with van der Waals surface area (Å²) in [4.78, 5) is 17.2. The topological polar surface area (TPSA) is 41.4 Å². The monoisotopic (exact) mass is 338 g/mol. The molecule has 0 bridgehead atoms. The van der Waals surface area contributed by atoms with E-state index in [9.17, 15) is 4.79 Å². The number of benzene rings is 1. The van der Waals surface area contributed by atoms with Gasteiger partial charge in [0, 0.05) is 25.7 Å². The van der Waals surface area contributed by atoms with Crippen molar-refractivity contribution in [2.75, 3.05) is 27.2 Å². The van der Waals surface area contributed by atoms with Crippen LogP contribution in [0.2, 0.25) is 0 Å². The zero-order valence-electron chi connectivity index (χ0n) is 15.1. The lowest BCUT2D eigenvalue weighted by Gasteiger charge is -2.35. The van der Waals surface area contributed by atoms with Crippen LogP contribution in [0, 0.1) is 5.92 Å². The minimum Gasteiger partial charge on any atom is -0.335 e. The summed E-state index contributed by atoms with van der Waals surface area (Å²) >= 11 is 0. The molecule has 2 aliphatic rings. The lowest BCUT2D eigenvalue weighted by molar-refractivity contribution is -0.134. The van der Waals surface area contributed by atoms with Gasteiger partial charge in [-0.2, -0.15) is 5.10 Å². The molecule has 1 aliphatic heterocycles. The molecule has 2 aromatic rings. The van der Waals surface area contributed by atoms with Crippen LogP contribution in [0.25, 0.3) is 0 Å². The molecule has 5 heteroatoms. The van der Waals surface area contributed by atoms with Gasteiger partial charge in [0.25, 0.3) is 0 Å². The van der Waals surface area contributed by atoms with Gasteiger partial charge in [0.1, 0.15) is 0 Å². The first-order valence-electron chi connectivity index (χ1n) is 9.12. The van der Waals surface area contributed by atoms with Gasteiger partial charge in [-0.05, 0) is 50.0 Å². The van der Waals surface area contributed by atoms with Crippen molar-refractivity contribution < 1.29 is 4.79 Å². The third-order valence-corrected chi connectivity index (χ3v) is 5.41. The maximum atomic E-state index is 13.0. The average molecular weight is 338 g/mol. The number of carbonyl (C=O) groups excluding carboxylic acids is 1. The van der Waals surface area contributed by atoms with E-state index in [-0.39, 0.29) is 11.9 Å². The second-order valence-electron chi connectivity index (χ2n) is 7.70. The maximum absolute atomic E-state index is 13.0. The predicted molar refractivity (Wildman–Crippen MR) is 97.2 cm³/mol. The van der Waals surface area contributed by atoms with E-state index >= 15 is 0 Å². The summed E-state index contributed by atoms with van der Waals surface area (Å²) in [6, 6.07) is 10.9. The average Bonchev–Trinajstić information content (AvgIpc) is 3.19. The first-order valence-corrected chi connectivity index (χ1v) is 9.12. The third kappa shape index (κ3) is 3.33. The quantitative estimate of drug-likeness (QED) is 0.858. The van der Waals surface area contributed by atoms with Gasteiger partial charge in [0.05, 0.1) is 18.3 Å². The predicted octanol–water partition coefficient (Wildman–Crippen LogP) is 2.13. The third-order valence-electron chi connectivity index (χ3n) is 5.41. The number of hydrogen-bond acceptors (Lipinski definition) is 3. The Morgan fingerprint density at radius 2 is 1.92 bits per heavy atom. The van der Waals surface area contributed by atoms with E-state index in [2.05, 4.69) is 53.0 Å². The van der Waals surface area contributed by atoms with Crippen molar-refractivity contribution in [1.29, 1.82) is 0 Å². The molecule has 0 N–H and O–H groups in total. The second kappa shape index (κ2) is 6.64. The Bertz CT molecular complexity index is 742. The smallest absolute Gasteiger partial charge is 0.223 e. The lowest BCUT2D eigenvalue weighted by Crippen LogP contribution is -2.44. The van der Waals surface area contributed by atoms with Crippen LogP contribution in [0.3, 0.4) is 0 Å². The first kappa shape index (κ1) is 16.3. The van der Waals surface area contributed by atoms with E-state index in [4.69, 9.17) is 0 Å². The number of fused-ring (bicyclic) bond motifs is 2. The number of aromatic nitrogens is 2. The number of carbonyl (C=O) groups is 1. The fourth-order valence-corrected chi connectivity index (χ4v) is 4.30. The molecule has 1 aliphatic carbocycles. The summed E-state index contributed by atoms with van der Waals surface area (Å²) in [5.74, 6) is 0.734. The highest BCUT2D eigenvalue weighted by Gasteiger charge is 2.31. The standard InChI is InChI=1S/C20H26N4O/c1-22(2)12-19-14-23(13-18-7-8-21-24(18)19)20(25)11-15-9-16-5-3-4-6-17(16)10-15/h3-8,15,19H,9-14H2,1-2H3/t19-/m1/s1. The Morgan fingerprint density at radius 1 is 1.20 bits per heavy atom. The Kier molecular flexibility index (Phi) is 4.34. The van der Waals surface area contributed by atoms with Gasteiger partial charge in [-0.3, -0.25) is 9.48 Å². The minimum atomic E-state index is 0.235. The summed E-state index contributed by atoms with van der Waals surface area (Å²) < 4.78 is 2.09. The molecule has 4 rings (SSSR count). The first-order chi connectivity index (χ1) is 12.1. The molecule has 5 nitrogen and oxygen atoms in total. The van der Waals surface area contributed by atoms with Gasteiger partial charge in [0.2, 0.25) is 5.91 Å². The van der Waals surface area contributed by atoms with Crippen LogP contribution in [0.15, 0.2) is 36.5 Å². The van der Waals surface area contributed by atoms with Crippen molar-refractivity contribution in [3.8, 4) is 0 Å². The van der Waals surface area contributed by atoms with Gasteiger partial charge in [-0.25, -0.2) is 0 Å². The fraction of sp³-hybridized carbons (Fsp3) is 0.500. The van der Waals surface area contributed by atoms with E-state index in [0.717, 1.165) is 31.6 Å². The van der Waals surface area contributed by atoms with E-state index in [1.54, 1.807) is 0 Å². The molecule has 1 aromatic heterocycles. The van der Waals surface area contributed by atoms with Crippen LogP contribution in [-0.2, 0) is 24.2 Å². The Balaban J connectivity index is 1.43. The fourth-order valence-electron chi connectivity index (χ4n) is 4.30. The van der Waals surface area contributed by atoms with Crippen molar-refractivity contribution in [2.24, 2.45) is 5.92 Å². The molecule has 2 heterocycles. The van der Waals surface area contributed by atoms with Gasteiger partial charge in [-0.1, -0.05) is 24.3 Å². The van der Waals surface area contributed by atoms with Gasteiger partial charge in [-0.15, -0.1) is 0 Å². The van der Waals surface area contributed by atoms with Crippen LogP contribution in [-0.4, -0.2) is 52.7 Å². The van der Waals surface area contributed by atoms with Gasteiger partial charge < -0.3 is 9.80 Å². The molecule has 1 atom stereocenters. The molecule has 0 radical (unpaired) electrons. The molecular formula is C20H26N4O. The molecule has 0 saturated heterocycles. The van der Waals surface area contributed by atoms with Crippen LogP contribution in [0.5, 0.6) is 0 Å². The molecule has 132 valence electrons. The van der Waals surface area contributed by atoms with Gasteiger partial charge >= 0.3 is 0 Å². The van der Waals surface area contributed by atoms with Crippen molar-refractivity contribution in [3.05, 3.63) is 53.3 Å². The minimum absolute atomic E-state index is 0.235. The van der Waals surface area contributed by atoms with Crippen molar-refractivity contribution >= 4 is 5.91 Å². The van der Waals surface area contributed by atoms with Crippen LogP contribution in [0.1, 0.15) is 29.3 Å². The molecule has 0 fully saturated rings. The maximum Gasteiger partial charge on any atom is 0.223 e. The molecule has 1 amide bonds. The van der Waals surface area contributed by atoms with Crippen LogP contribution in [0.4, 0.5) is 0 Å². The van der Waals surface area contributed by atoms with Crippen molar-refractivity contribution in [3.63, 3.8) is 0 Å². The highest BCUT2D eigenvalue weighted by molar-refractivity contribution is 5.76. The molecular weight excluding hydrogens is 312 g/mol. The van der Waals surface area contributed by atoms with E-state index < -0.39 is 0 Å². The SMILES string of the molecule is CN(C)C[C@@H]1CN(C(=O)CC2Cc3ccccc3C2)Cc2ccnn21. The zero-order chi connectivity index (χ0) is 17.4. The summed E-state index contributed by atoms with van der Waals surface area (Å²) in [7, 11) is 4.14. The van der Waals surface area contributed by atoms with Crippen LogP contribution >= 0.6 is 0 Å². The Morgan fingerprint density at radius 3 is 2.60 bits per heavy atom. The van der Waals surface area contributed by atoms with Crippen molar-refractivity contribution in [1.82, 2.24) is 19.6 Å². The molecule has 0 saturated carbocycles. The second-order valence-corrected chi connectivity index (χ2v) is 7.70. The number of amides is 1. The Hall–Kier alpha value is -2.14. The lowest BCUT2D eigenvalue weighted by atomic mass is 10.0. The van der Waals surface area contributed by atoms with Crippen LogP contribution < -0.4 is 0 Å². The number of likely N-dealkylation sites (N-methyl/N-ethyl adjacent to an activating group) is 1. The number of nitrogens with zero attached hydrogens (tertiary/aromatic N) is 4. The molecule has 1 aromatic carbocycles. The van der Waals surface area contributed by atoms with E-state index in [0.29, 0.717) is 18.9 Å². The summed E-state index contributed by atoms with van der Waals surface area (Å²) in [6.07, 6.45) is 4.57. The Labute approximate surface area is 149 Å². The molecule has 0 spiro atoms. The summed E-state index contributed by atoms with van der Waals surface area (Å²) in [5.41, 5.74) is 3.98. The van der Waals surface area contributed by atoms with Crippen molar-refractivity contribution in [2.45, 2.75) is 31.8 Å². The van der Waals surface area contributed by atoms with Gasteiger partial charge in [0.15, 0.2) is 0 Å². The molecule has 25 heavy (non-hydrogen) atoms. The van der Waals surface area contributed by atoms with E-state index in [1.807, 2.05) is 17.2 Å². The molecule has 0 unspecified atom stereocenters. The largest absolute Gasteiger partial charge is 0.335 e. The van der Waals surface area contributed by atoms with E-state index in [1.165, 1.54) is 11.1 Å². The summed E-state index contributed by atoms with van der Waals surface area (Å²) in [6.45, 7) is 2.33. The number of hydrogen-bond donors (Lipinski definition) is 0. The normalized spacial score (nSPS) is 20.0. The number of rotatable bonds is 4. The highest BCUT2D eigenvalue weighted by atomic mass is 16.2. The zero-order valence-corrected chi connectivity index (χ0v) is 15.1. The highest BCUT2D eigenvalue weighted by Crippen LogP contribution is 2.30.